The molecular weight excluding hydrogens is 631 g/mol. The van der Waals surface area contributed by atoms with E-state index in [2.05, 4.69) is 21.7 Å². The van der Waals surface area contributed by atoms with Gasteiger partial charge in [-0.3, -0.25) is 4.79 Å². The summed E-state index contributed by atoms with van der Waals surface area (Å²) < 4.78 is 43.6. The molecule has 2 aliphatic rings. The van der Waals surface area contributed by atoms with Crippen molar-refractivity contribution in [1.29, 1.82) is 5.26 Å². The number of pyridine rings is 1. The fraction of sp³-hybridized carbons (Fsp3) is 0.297. The Balaban J connectivity index is 1.28. The molecule has 11 nitrogen and oxygen atoms in total. The number of nitrogens with one attached hydrogen (secondary N) is 2. The highest BCUT2D eigenvalue weighted by Gasteiger charge is 2.23. The molecule has 12 heteroatoms. The minimum absolute atomic E-state index is 0.0103. The van der Waals surface area contributed by atoms with E-state index in [-0.39, 0.29) is 49.2 Å². The zero-order valence-electron chi connectivity index (χ0n) is 27.1. The third-order valence-electron chi connectivity index (χ3n) is 8.46. The van der Waals surface area contributed by atoms with Gasteiger partial charge in [0, 0.05) is 30.8 Å². The Morgan fingerprint density at radius 1 is 1.02 bits per heavy atom. The Morgan fingerprint density at radius 2 is 1.88 bits per heavy atom. The first-order chi connectivity index (χ1) is 23.8. The van der Waals surface area contributed by atoms with Crippen LogP contribution in [0.4, 0.5) is 15.8 Å². The van der Waals surface area contributed by atoms with E-state index in [1.165, 1.54) is 20.3 Å². The van der Waals surface area contributed by atoms with Crippen LogP contribution in [0, 0.1) is 17.1 Å². The highest BCUT2D eigenvalue weighted by Crippen LogP contribution is 2.33. The fourth-order valence-corrected chi connectivity index (χ4v) is 5.69. The van der Waals surface area contributed by atoms with Gasteiger partial charge in [-0.1, -0.05) is 12.1 Å². The monoisotopic (exact) mass is 666 g/mol. The standard InChI is InChI=1S/C37H35FN4O7/c1-45-34-17-33(32(16-29(34)37(44)46-2)40-19-27-9-11-48-27)41-35(43)15-25-14-30(38)28-13-23(25)8-10-47-20-26-12-22(18-39)6-7-24(26)21-49-36-5-3-4-31(28)42-36/h3-7,12-14,16-17,27,40H,8-11,15,19-21H2,1-2H3,(H,41,43)/t27-/m0/s1. The SMILES string of the molecule is COC(=O)c1cc(NC[C@@H]2CCO2)c(NC(=O)Cc2cc(F)c3cc2CCOCc2cc(C#N)ccc2COc2cccc-3n2)cc1OC. The number of anilines is 2. The smallest absolute Gasteiger partial charge is 0.341 e. The molecule has 4 bridgehead atoms. The molecule has 49 heavy (non-hydrogen) atoms. The van der Waals surface area contributed by atoms with Crippen molar-refractivity contribution in [3.05, 3.63) is 99.9 Å². The molecule has 6 rings (SSSR count). The highest BCUT2D eigenvalue weighted by molar-refractivity contribution is 6.00. The number of hydrogen-bond acceptors (Lipinski definition) is 10. The molecule has 1 fully saturated rings. The minimum atomic E-state index is -0.591. The van der Waals surface area contributed by atoms with E-state index < -0.39 is 17.7 Å². The largest absolute Gasteiger partial charge is 0.496 e. The summed E-state index contributed by atoms with van der Waals surface area (Å²) in [6.45, 7) is 1.85. The second-order valence-electron chi connectivity index (χ2n) is 11.6. The molecule has 2 aliphatic heterocycles. The summed E-state index contributed by atoms with van der Waals surface area (Å²) in [4.78, 5) is 30.6. The molecule has 0 radical (unpaired) electrons. The number of aromatic nitrogens is 1. The number of benzene rings is 3. The summed E-state index contributed by atoms with van der Waals surface area (Å²) in [6.07, 6.45) is 1.14. The molecule has 3 heterocycles. The minimum Gasteiger partial charge on any atom is -0.496 e. The maximum absolute atomic E-state index is 15.8. The first-order valence-corrected chi connectivity index (χ1v) is 15.8. The van der Waals surface area contributed by atoms with Crippen LogP contribution in [0.15, 0.2) is 60.7 Å². The first-order valence-electron chi connectivity index (χ1n) is 15.8. The van der Waals surface area contributed by atoms with Gasteiger partial charge in [0.05, 0.1) is 68.7 Å². The van der Waals surface area contributed by atoms with E-state index in [1.807, 2.05) is 6.07 Å². The zero-order chi connectivity index (χ0) is 34.3. The van der Waals surface area contributed by atoms with Crippen molar-refractivity contribution in [1.82, 2.24) is 4.98 Å². The van der Waals surface area contributed by atoms with E-state index >= 15 is 4.39 Å². The van der Waals surface area contributed by atoms with Crippen LogP contribution in [-0.4, -0.2) is 56.9 Å². The Kier molecular flexibility index (Phi) is 10.3. The number of hydrogen-bond donors (Lipinski definition) is 2. The van der Waals surface area contributed by atoms with E-state index in [1.54, 1.807) is 48.5 Å². The average Bonchev–Trinajstić information content (AvgIpc) is 3.09. The van der Waals surface area contributed by atoms with Crippen molar-refractivity contribution in [3.8, 4) is 29.0 Å². The lowest BCUT2D eigenvalue weighted by Gasteiger charge is -2.27. The van der Waals surface area contributed by atoms with Crippen LogP contribution in [0.5, 0.6) is 11.6 Å². The number of halogens is 1. The summed E-state index contributed by atoms with van der Waals surface area (Å²) in [6, 6.07) is 18.8. The number of ether oxygens (including phenoxy) is 5. The summed E-state index contributed by atoms with van der Waals surface area (Å²) in [5.41, 5.74) is 5.05. The van der Waals surface area contributed by atoms with Gasteiger partial charge in [-0.2, -0.15) is 5.26 Å². The fourth-order valence-electron chi connectivity index (χ4n) is 5.69. The summed E-state index contributed by atoms with van der Waals surface area (Å²) in [5, 5.41) is 15.6. The number of fused-ring (bicyclic) bond motifs is 6. The van der Waals surface area contributed by atoms with E-state index in [9.17, 15) is 14.9 Å². The number of methoxy groups -OCH3 is 2. The number of nitriles is 1. The van der Waals surface area contributed by atoms with Gasteiger partial charge in [0.15, 0.2) is 0 Å². The van der Waals surface area contributed by atoms with Crippen LogP contribution in [0.25, 0.3) is 11.3 Å². The molecule has 3 aromatic carbocycles. The van der Waals surface area contributed by atoms with Gasteiger partial charge >= 0.3 is 5.97 Å². The number of amides is 1. The van der Waals surface area contributed by atoms with Crippen molar-refractivity contribution in [3.63, 3.8) is 0 Å². The number of carbonyl (C=O) groups excluding carboxylic acids is 2. The van der Waals surface area contributed by atoms with Crippen LogP contribution in [0.2, 0.25) is 0 Å². The van der Waals surface area contributed by atoms with Crippen LogP contribution in [-0.2, 0) is 45.1 Å². The molecule has 4 aromatic rings. The van der Waals surface area contributed by atoms with Gasteiger partial charge in [0.2, 0.25) is 11.8 Å². The topological polar surface area (TPSA) is 141 Å². The van der Waals surface area contributed by atoms with Gasteiger partial charge in [0.1, 0.15) is 23.7 Å². The van der Waals surface area contributed by atoms with Gasteiger partial charge < -0.3 is 34.3 Å². The molecule has 1 amide bonds. The Morgan fingerprint density at radius 3 is 2.63 bits per heavy atom. The van der Waals surface area contributed by atoms with Crippen LogP contribution < -0.4 is 20.1 Å². The number of carbonyl (C=O) groups is 2. The van der Waals surface area contributed by atoms with Gasteiger partial charge in [-0.25, -0.2) is 14.2 Å². The lowest BCUT2D eigenvalue weighted by molar-refractivity contribution is -0.115. The Hall–Kier alpha value is -5.51. The Bertz CT molecular complexity index is 1920. The van der Waals surface area contributed by atoms with Gasteiger partial charge in [-0.05, 0) is 71.5 Å². The van der Waals surface area contributed by atoms with Gasteiger partial charge in [-0.15, -0.1) is 0 Å². The number of esters is 1. The van der Waals surface area contributed by atoms with Crippen molar-refractivity contribution in [2.24, 2.45) is 0 Å². The predicted octanol–water partition coefficient (Wildman–Crippen LogP) is 5.59. The second-order valence-corrected chi connectivity index (χ2v) is 11.6. The third kappa shape index (κ3) is 7.80. The molecule has 0 saturated carbocycles. The molecule has 0 aliphatic carbocycles. The number of nitrogens with zero attached hydrogens (tertiary/aromatic N) is 2. The highest BCUT2D eigenvalue weighted by atomic mass is 19.1. The van der Waals surface area contributed by atoms with Gasteiger partial charge in [0.25, 0.3) is 0 Å². The molecule has 0 spiro atoms. The zero-order valence-corrected chi connectivity index (χ0v) is 27.1. The van der Waals surface area contributed by atoms with Crippen molar-refractivity contribution < 1.29 is 37.7 Å². The maximum Gasteiger partial charge on any atom is 0.341 e. The number of rotatable bonds is 8. The third-order valence-corrected chi connectivity index (χ3v) is 8.46. The van der Waals surface area contributed by atoms with Crippen LogP contribution in [0.3, 0.4) is 0 Å². The molecule has 2 N–H and O–H groups in total. The lowest BCUT2D eigenvalue weighted by Crippen LogP contribution is -2.33. The normalized spacial score (nSPS) is 15.3. The lowest BCUT2D eigenvalue weighted by atomic mass is 9.96. The second kappa shape index (κ2) is 15.1. The molecule has 1 aromatic heterocycles. The van der Waals surface area contributed by atoms with Crippen molar-refractivity contribution >= 4 is 23.3 Å². The summed E-state index contributed by atoms with van der Waals surface area (Å²) in [5.74, 6) is -1.00. The van der Waals surface area contributed by atoms with E-state index in [4.69, 9.17) is 23.7 Å². The first kappa shape index (κ1) is 33.4. The summed E-state index contributed by atoms with van der Waals surface area (Å²) in [7, 11) is 2.70. The quantitative estimate of drug-likeness (QED) is 0.229. The van der Waals surface area contributed by atoms with Crippen LogP contribution in [0.1, 0.15) is 44.6 Å². The van der Waals surface area contributed by atoms with Crippen molar-refractivity contribution in [2.45, 2.75) is 38.6 Å². The predicted molar refractivity (Wildman–Crippen MR) is 178 cm³/mol. The van der Waals surface area contributed by atoms with Crippen LogP contribution >= 0.6 is 0 Å². The van der Waals surface area contributed by atoms with E-state index in [0.717, 1.165) is 17.5 Å². The average molecular weight is 667 g/mol. The molecule has 0 unspecified atom stereocenters. The van der Waals surface area contributed by atoms with Crippen molar-refractivity contribution in [2.75, 3.05) is 44.6 Å². The molecule has 1 saturated heterocycles. The molecule has 252 valence electrons. The molecular formula is C37H35FN4O7. The summed E-state index contributed by atoms with van der Waals surface area (Å²) >= 11 is 0. The Labute approximate surface area is 282 Å². The van der Waals surface area contributed by atoms with E-state index in [0.29, 0.717) is 59.2 Å². The maximum atomic E-state index is 15.8. The molecule has 1 atom stereocenters.